The smallest absolute Gasteiger partial charge is 0.244 e. The van der Waals surface area contributed by atoms with Crippen LogP contribution >= 0.6 is 0 Å². The lowest BCUT2D eigenvalue weighted by molar-refractivity contribution is 0.591. The highest BCUT2D eigenvalue weighted by molar-refractivity contribution is 7.88. The van der Waals surface area contributed by atoms with Crippen LogP contribution in [0.5, 0.6) is 0 Å². The number of anilines is 1. The van der Waals surface area contributed by atoms with Gasteiger partial charge in [0.25, 0.3) is 0 Å². The first-order chi connectivity index (χ1) is 7.38. The van der Waals surface area contributed by atoms with Crippen molar-refractivity contribution in [2.75, 3.05) is 25.3 Å². The van der Waals surface area contributed by atoms with Crippen molar-refractivity contribution in [1.82, 2.24) is 4.83 Å². The Morgan fingerprint density at radius 1 is 1.25 bits per heavy atom. The largest absolute Gasteiger partial charge is 0.378 e. The van der Waals surface area contributed by atoms with E-state index in [2.05, 4.69) is 5.10 Å². The summed E-state index contributed by atoms with van der Waals surface area (Å²) >= 11 is 0. The summed E-state index contributed by atoms with van der Waals surface area (Å²) in [5, 5.41) is 3.61. The third kappa shape index (κ3) is 4.31. The molecule has 0 saturated carbocycles. The van der Waals surface area contributed by atoms with Gasteiger partial charge in [0.15, 0.2) is 0 Å². The molecule has 1 N–H and O–H groups in total. The summed E-state index contributed by atoms with van der Waals surface area (Å²) in [7, 11) is 0.633. The van der Waals surface area contributed by atoms with Gasteiger partial charge < -0.3 is 4.90 Å². The Morgan fingerprint density at radius 3 is 2.25 bits per heavy atom. The second-order valence-electron chi connectivity index (χ2n) is 3.61. The third-order valence-corrected chi connectivity index (χ3v) is 2.28. The molecule has 1 aromatic carbocycles. The SMILES string of the molecule is CN(C)c1ccc(C=NNS(C)(=O)=O)cc1. The molecule has 0 fully saturated rings. The molecule has 0 aromatic heterocycles. The molecule has 0 aliphatic carbocycles. The fourth-order valence-corrected chi connectivity index (χ4v) is 1.30. The second-order valence-corrected chi connectivity index (χ2v) is 5.33. The number of nitrogens with one attached hydrogen (secondary N) is 1. The maximum absolute atomic E-state index is 10.7. The zero-order valence-corrected chi connectivity index (χ0v) is 10.3. The quantitative estimate of drug-likeness (QED) is 0.621. The van der Waals surface area contributed by atoms with Gasteiger partial charge in [-0.3, -0.25) is 0 Å². The van der Waals surface area contributed by atoms with Crippen LogP contribution in [0.4, 0.5) is 5.69 Å². The van der Waals surface area contributed by atoms with E-state index in [1.54, 1.807) is 0 Å². The van der Waals surface area contributed by atoms with Crippen LogP contribution in [0, 0.1) is 0 Å². The molecule has 0 atom stereocenters. The fourth-order valence-electron chi connectivity index (χ4n) is 1.06. The van der Waals surface area contributed by atoms with E-state index < -0.39 is 10.0 Å². The van der Waals surface area contributed by atoms with Gasteiger partial charge in [0.1, 0.15) is 0 Å². The average molecular weight is 241 g/mol. The fraction of sp³-hybridized carbons (Fsp3) is 0.300. The molecule has 16 heavy (non-hydrogen) atoms. The van der Waals surface area contributed by atoms with E-state index in [9.17, 15) is 8.42 Å². The number of hydrazone groups is 1. The molecule has 1 rings (SSSR count). The van der Waals surface area contributed by atoms with E-state index >= 15 is 0 Å². The Bertz CT molecular complexity index is 463. The number of nitrogens with zero attached hydrogens (tertiary/aromatic N) is 2. The number of benzene rings is 1. The van der Waals surface area contributed by atoms with Crippen molar-refractivity contribution in [2.24, 2.45) is 5.10 Å². The average Bonchev–Trinajstić information content (AvgIpc) is 2.16. The van der Waals surface area contributed by atoms with Gasteiger partial charge in [-0.2, -0.15) is 5.10 Å². The zero-order valence-electron chi connectivity index (χ0n) is 9.51. The molecule has 0 saturated heterocycles. The second kappa shape index (κ2) is 4.98. The topological polar surface area (TPSA) is 61.8 Å². The summed E-state index contributed by atoms with van der Waals surface area (Å²) in [6.07, 6.45) is 2.51. The van der Waals surface area contributed by atoms with E-state index in [1.807, 2.05) is 48.1 Å². The van der Waals surface area contributed by atoms with E-state index in [1.165, 1.54) is 6.21 Å². The maximum Gasteiger partial charge on any atom is 0.244 e. The minimum absolute atomic E-state index is 0.835. The van der Waals surface area contributed by atoms with Crippen molar-refractivity contribution in [3.63, 3.8) is 0 Å². The van der Waals surface area contributed by atoms with Crippen molar-refractivity contribution in [3.05, 3.63) is 29.8 Å². The predicted molar refractivity (Wildman–Crippen MR) is 66.3 cm³/mol. The molecule has 0 aliphatic heterocycles. The number of hydrogen-bond donors (Lipinski definition) is 1. The number of rotatable bonds is 4. The molecular weight excluding hydrogens is 226 g/mol. The lowest BCUT2D eigenvalue weighted by Gasteiger charge is -2.11. The van der Waals surface area contributed by atoms with E-state index in [4.69, 9.17) is 0 Å². The molecule has 6 heteroatoms. The summed E-state index contributed by atoms with van der Waals surface area (Å²) in [5.41, 5.74) is 1.91. The van der Waals surface area contributed by atoms with Crippen LogP contribution in [-0.4, -0.2) is 35.0 Å². The summed E-state index contributed by atoms with van der Waals surface area (Å²) < 4.78 is 21.5. The molecule has 1 aromatic rings. The standard InChI is InChI=1S/C10H15N3O2S/c1-13(2)10-6-4-9(5-7-10)8-11-12-16(3,14)15/h4-8,12H,1-3H3. The van der Waals surface area contributed by atoms with Gasteiger partial charge in [0.2, 0.25) is 10.0 Å². The molecule has 5 nitrogen and oxygen atoms in total. The van der Waals surface area contributed by atoms with Gasteiger partial charge in [0, 0.05) is 19.8 Å². The molecule has 0 bridgehead atoms. The van der Waals surface area contributed by atoms with Crippen molar-refractivity contribution in [2.45, 2.75) is 0 Å². The van der Waals surface area contributed by atoms with Crippen LogP contribution in [0.25, 0.3) is 0 Å². The van der Waals surface area contributed by atoms with Gasteiger partial charge in [-0.1, -0.05) is 12.1 Å². The summed E-state index contributed by atoms with van der Waals surface area (Å²) in [6, 6.07) is 7.59. The molecular formula is C10H15N3O2S. The lowest BCUT2D eigenvalue weighted by Crippen LogP contribution is -2.15. The minimum Gasteiger partial charge on any atom is -0.378 e. The molecule has 0 unspecified atom stereocenters. The molecule has 0 heterocycles. The van der Waals surface area contributed by atoms with Crippen molar-refractivity contribution in [1.29, 1.82) is 0 Å². The Hall–Kier alpha value is -1.56. The van der Waals surface area contributed by atoms with Crippen LogP contribution < -0.4 is 9.73 Å². The summed E-state index contributed by atoms with van der Waals surface area (Å²) in [6.45, 7) is 0. The Balaban J connectivity index is 2.69. The van der Waals surface area contributed by atoms with Crippen LogP contribution in [-0.2, 0) is 10.0 Å². The molecule has 0 spiro atoms. The lowest BCUT2D eigenvalue weighted by atomic mass is 10.2. The molecule has 0 radical (unpaired) electrons. The van der Waals surface area contributed by atoms with Gasteiger partial charge in [-0.25, -0.2) is 13.2 Å². The van der Waals surface area contributed by atoms with Crippen LogP contribution in [0.1, 0.15) is 5.56 Å². The van der Waals surface area contributed by atoms with E-state index in [-0.39, 0.29) is 0 Å². The van der Waals surface area contributed by atoms with Crippen molar-refractivity contribution >= 4 is 21.9 Å². The maximum atomic E-state index is 10.7. The first-order valence-electron chi connectivity index (χ1n) is 4.66. The predicted octanol–water partition coefficient (Wildman–Crippen LogP) is 0.636. The molecule has 88 valence electrons. The van der Waals surface area contributed by atoms with Crippen LogP contribution in [0.3, 0.4) is 0 Å². The number of sulfonamides is 1. The molecule has 0 amide bonds. The monoisotopic (exact) mass is 241 g/mol. The third-order valence-electron chi connectivity index (χ3n) is 1.84. The first-order valence-corrected chi connectivity index (χ1v) is 6.55. The van der Waals surface area contributed by atoms with Gasteiger partial charge in [-0.15, -0.1) is 0 Å². The Labute approximate surface area is 95.8 Å². The zero-order chi connectivity index (χ0) is 12.2. The highest BCUT2D eigenvalue weighted by Gasteiger charge is 1.96. The summed E-state index contributed by atoms with van der Waals surface area (Å²) in [4.78, 5) is 4.02. The van der Waals surface area contributed by atoms with E-state index in [0.29, 0.717) is 0 Å². The van der Waals surface area contributed by atoms with Crippen LogP contribution in [0.15, 0.2) is 29.4 Å². The van der Waals surface area contributed by atoms with E-state index in [0.717, 1.165) is 17.5 Å². The molecule has 0 aliphatic rings. The van der Waals surface area contributed by atoms with Gasteiger partial charge >= 0.3 is 0 Å². The summed E-state index contributed by atoms with van der Waals surface area (Å²) in [5.74, 6) is 0. The Kier molecular flexibility index (Phi) is 3.89. The first kappa shape index (κ1) is 12.5. The highest BCUT2D eigenvalue weighted by atomic mass is 32.2. The van der Waals surface area contributed by atoms with Crippen LogP contribution in [0.2, 0.25) is 0 Å². The van der Waals surface area contributed by atoms with Gasteiger partial charge in [0.05, 0.1) is 12.5 Å². The Morgan fingerprint density at radius 2 is 1.81 bits per heavy atom. The normalized spacial score (nSPS) is 11.7. The van der Waals surface area contributed by atoms with Crippen molar-refractivity contribution < 1.29 is 8.42 Å². The minimum atomic E-state index is -3.27. The van der Waals surface area contributed by atoms with Crippen molar-refractivity contribution in [3.8, 4) is 0 Å². The van der Waals surface area contributed by atoms with Gasteiger partial charge in [-0.05, 0) is 17.7 Å². The number of hydrogen-bond acceptors (Lipinski definition) is 4. The highest BCUT2D eigenvalue weighted by Crippen LogP contribution is 2.10.